The Morgan fingerprint density at radius 1 is 1.31 bits per heavy atom. The maximum atomic E-state index is 12.8. The van der Waals surface area contributed by atoms with Crippen molar-refractivity contribution in [3.8, 4) is 0 Å². The quantitative estimate of drug-likeness (QED) is 0.719. The molecule has 1 rings (SSSR count). The van der Waals surface area contributed by atoms with Gasteiger partial charge in [0.2, 0.25) is 0 Å². The molecule has 0 amide bonds. The van der Waals surface area contributed by atoms with Crippen LogP contribution in [0.2, 0.25) is 0 Å². The number of alkyl halides is 6. The third-order valence-corrected chi connectivity index (χ3v) is 2.43. The van der Waals surface area contributed by atoms with E-state index in [1.165, 1.54) is 6.92 Å². The van der Waals surface area contributed by atoms with Gasteiger partial charge in [-0.1, -0.05) is 0 Å². The Balaban J connectivity index is 2.71. The van der Waals surface area contributed by atoms with Gasteiger partial charge in [-0.25, -0.2) is 4.39 Å². The van der Waals surface area contributed by atoms with Gasteiger partial charge in [-0.2, -0.15) is 22.0 Å². The first-order chi connectivity index (χ1) is 6.99. The minimum absolute atomic E-state index is 0.297. The molecule has 0 N–H and O–H groups in total. The van der Waals surface area contributed by atoms with E-state index < -0.39 is 30.2 Å². The molecule has 1 heterocycles. The number of hydrogen-bond donors (Lipinski definition) is 0. The fourth-order valence-electron chi connectivity index (χ4n) is 1.15. The van der Waals surface area contributed by atoms with Crippen LogP contribution in [-0.4, -0.2) is 36.8 Å². The molecule has 3 atom stereocenters. The molecular weight excluding hydrogens is 242 g/mol. The largest absolute Gasteiger partial charge is 0.428 e. The summed E-state index contributed by atoms with van der Waals surface area (Å²) in [6.45, 7) is 2.19. The molecule has 1 aliphatic heterocycles. The van der Waals surface area contributed by atoms with E-state index in [9.17, 15) is 26.3 Å². The fraction of sp³-hybridized carbons (Fsp3) is 1.00. The molecule has 0 aromatic rings. The molecule has 2 nitrogen and oxygen atoms in total. The summed E-state index contributed by atoms with van der Waals surface area (Å²) in [7, 11) is 0. The van der Waals surface area contributed by atoms with Crippen LogP contribution in [0.15, 0.2) is 0 Å². The molecule has 1 fully saturated rings. The van der Waals surface area contributed by atoms with Crippen molar-refractivity contribution in [1.82, 2.24) is 0 Å². The third-order valence-electron chi connectivity index (χ3n) is 2.43. The van der Waals surface area contributed by atoms with Crippen molar-refractivity contribution in [2.24, 2.45) is 0 Å². The van der Waals surface area contributed by atoms with Crippen molar-refractivity contribution in [2.45, 2.75) is 44.0 Å². The number of hydrogen-bond acceptors (Lipinski definition) is 2. The predicted molar refractivity (Wildman–Crippen MR) is 40.8 cm³/mol. The van der Waals surface area contributed by atoms with Gasteiger partial charge in [-0.15, -0.1) is 0 Å². The first-order valence-electron chi connectivity index (χ1n) is 4.39. The highest BCUT2D eigenvalue weighted by atomic mass is 19.4. The Kier molecular flexibility index (Phi) is 3.19. The van der Waals surface area contributed by atoms with Gasteiger partial charge in [0.25, 0.3) is 6.17 Å². The highest BCUT2D eigenvalue weighted by molar-refractivity contribution is 4.93. The van der Waals surface area contributed by atoms with E-state index in [0.717, 1.165) is 6.92 Å². The minimum Gasteiger partial charge on any atom is -0.372 e. The van der Waals surface area contributed by atoms with Gasteiger partial charge < -0.3 is 9.47 Å². The zero-order chi connectivity index (χ0) is 12.8. The van der Waals surface area contributed by atoms with E-state index in [0.29, 0.717) is 0 Å². The standard InChI is InChI=1S/C8H10F6O2/c1-4-6(2,3-15-4)16-8(13,14)5(9)7(10,11)12/h4-5H,3H2,1-2H3. The van der Waals surface area contributed by atoms with Gasteiger partial charge in [0.05, 0.1) is 12.7 Å². The number of rotatable bonds is 3. The molecule has 3 unspecified atom stereocenters. The van der Waals surface area contributed by atoms with Crippen LogP contribution >= 0.6 is 0 Å². The van der Waals surface area contributed by atoms with Crippen LogP contribution in [-0.2, 0) is 9.47 Å². The summed E-state index contributed by atoms with van der Waals surface area (Å²) in [6.07, 6.45) is -15.7. The van der Waals surface area contributed by atoms with Crippen molar-refractivity contribution in [3.63, 3.8) is 0 Å². The smallest absolute Gasteiger partial charge is 0.372 e. The van der Waals surface area contributed by atoms with Crippen molar-refractivity contribution < 1.29 is 35.8 Å². The normalized spacial score (nSPS) is 33.4. The maximum absolute atomic E-state index is 12.8. The van der Waals surface area contributed by atoms with Gasteiger partial charge in [0.15, 0.2) is 0 Å². The molecular formula is C8H10F6O2. The van der Waals surface area contributed by atoms with Crippen LogP contribution in [0, 0.1) is 0 Å². The van der Waals surface area contributed by atoms with Crippen LogP contribution in [0.1, 0.15) is 13.8 Å². The Morgan fingerprint density at radius 3 is 2.06 bits per heavy atom. The van der Waals surface area contributed by atoms with Crippen molar-refractivity contribution >= 4 is 0 Å². The predicted octanol–water partition coefficient (Wildman–Crippen LogP) is 2.67. The summed E-state index contributed by atoms with van der Waals surface area (Å²) in [5, 5.41) is 0. The van der Waals surface area contributed by atoms with E-state index in [-0.39, 0.29) is 6.61 Å². The van der Waals surface area contributed by atoms with E-state index >= 15 is 0 Å². The molecule has 0 bridgehead atoms. The average molecular weight is 252 g/mol. The van der Waals surface area contributed by atoms with Crippen LogP contribution in [0.5, 0.6) is 0 Å². The second kappa shape index (κ2) is 3.76. The van der Waals surface area contributed by atoms with Gasteiger partial charge in [-0.3, -0.25) is 0 Å². The van der Waals surface area contributed by atoms with Crippen molar-refractivity contribution in [2.75, 3.05) is 6.61 Å². The lowest BCUT2D eigenvalue weighted by atomic mass is 9.95. The topological polar surface area (TPSA) is 18.5 Å². The second-order valence-electron chi connectivity index (χ2n) is 3.83. The Labute approximate surface area is 87.5 Å². The zero-order valence-electron chi connectivity index (χ0n) is 8.45. The zero-order valence-corrected chi connectivity index (χ0v) is 8.45. The summed E-state index contributed by atoms with van der Waals surface area (Å²) in [5.74, 6) is 0. The number of ether oxygens (including phenoxy) is 2. The van der Waals surface area contributed by atoms with Crippen molar-refractivity contribution in [1.29, 1.82) is 0 Å². The van der Waals surface area contributed by atoms with Crippen LogP contribution in [0.25, 0.3) is 0 Å². The summed E-state index contributed by atoms with van der Waals surface area (Å²) >= 11 is 0. The lowest BCUT2D eigenvalue weighted by molar-refractivity contribution is -0.401. The molecule has 0 aromatic heterocycles. The molecule has 16 heavy (non-hydrogen) atoms. The molecule has 1 saturated heterocycles. The summed E-state index contributed by atoms with van der Waals surface area (Å²) in [4.78, 5) is 0. The molecule has 0 spiro atoms. The fourth-order valence-corrected chi connectivity index (χ4v) is 1.15. The summed E-state index contributed by atoms with van der Waals surface area (Å²) in [6, 6.07) is 0. The molecule has 0 aromatic carbocycles. The van der Waals surface area contributed by atoms with E-state index in [1.54, 1.807) is 0 Å². The molecule has 96 valence electrons. The van der Waals surface area contributed by atoms with Crippen LogP contribution < -0.4 is 0 Å². The third kappa shape index (κ3) is 2.42. The molecule has 0 saturated carbocycles. The summed E-state index contributed by atoms with van der Waals surface area (Å²) in [5.41, 5.74) is -1.60. The Bertz CT molecular complexity index is 266. The molecule has 0 radical (unpaired) electrons. The highest BCUT2D eigenvalue weighted by Gasteiger charge is 2.62. The van der Waals surface area contributed by atoms with Gasteiger partial charge in [-0.05, 0) is 13.8 Å². The molecule has 0 aliphatic carbocycles. The lowest BCUT2D eigenvalue weighted by Crippen LogP contribution is -2.61. The van der Waals surface area contributed by atoms with Crippen LogP contribution in [0.4, 0.5) is 26.3 Å². The van der Waals surface area contributed by atoms with Gasteiger partial charge in [0, 0.05) is 0 Å². The number of halogens is 6. The van der Waals surface area contributed by atoms with Crippen LogP contribution in [0.3, 0.4) is 0 Å². The molecule has 8 heteroatoms. The second-order valence-corrected chi connectivity index (χ2v) is 3.83. The summed E-state index contributed by atoms with van der Waals surface area (Å²) < 4.78 is 82.0. The van der Waals surface area contributed by atoms with Gasteiger partial charge >= 0.3 is 12.3 Å². The first kappa shape index (κ1) is 13.6. The minimum atomic E-state index is -5.66. The molecule has 1 aliphatic rings. The lowest BCUT2D eigenvalue weighted by Gasteiger charge is -2.46. The monoisotopic (exact) mass is 252 g/mol. The van der Waals surface area contributed by atoms with E-state index in [2.05, 4.69) is 4.74 Å². The van der Waals surface area contributed by atoms with E-state index in [1.807, 2.05) is 0 Å². The Hall–Kier alpha value is -0.500. The van der Waals surface area contributed by atoms with Crippen molar-refractivity contribution in [3.05, 3.63) is 0 Å². The highest BCUT2D eigenvalue weighted by Crippen LogP contribution is 2.41. The maximum Gasteiger partial charge on any atom is 0.428 e. The Morgan fingerprint density at radius 2 is 1.81 bits per heavy atom. The first-order valence-corrected chi connectivity index (χ1v) is 4.39. The van der Waals surface area contributed by atoms with Gasteiger partial charge in [0.1, 0.15) is 5.60 Å². The average Bonchev–Trinajstić information content (AvgIpc) is 2.12. The van der Waals surface area contributed by atoms with E-state index in [4.69, 9.17) is 4.74 Å². The SMILES string of the molecule is CC1OCC1(C)OC(F)(F)C(F)C(F)(F)F.